The Morgan fingerprint density at radius 2 is 1.60 bits per heavy atom. The Morgan fingerprint density at radius 1 is 0.933 bits per heavy atom. The maximum absolute atomic E-state index is 12.3. The minimum absolute atomic E-state index is 0.236. The maximum atomic E-state index is 12.3. The summed E-state index contributed by atoms with van der Waals surface area (Å²) < 4.78 is 5.77. The monoisotopic (exact) mass is 401 g/mol. The van der Waals surface area contributed by atoms with Gasteiger partial charge in [0.25, 0.3) is 5.91 Å². The summed E-state index contributed by atoms with van der Waals surface area (Å²) in [6.07, 6.45) is 1.61. The minimum atomic E-state index is -0.236. The summed E-state index contributed by atoms with van der Waals surface area (Å²) in [6.45, 7) is 6.61. The normalized spacial score (nSPS) is 10.7. The van der Waals surface area contributed by atoms with Crippen molar-refractivity contribution >= 4 is 17.8 Å². The van der Waals surface area contributed by atoms with Crippen LogP contribution < -0.4 is 15.1 Å². The van der Waals surface area contributed by atoms with Crippen molar-refractivity contribution in [2.45, 2.75) is 20.5 Å². The SMILES string of the molecule is CCN(CC)c1ccc(C(=O)N/N=C\c2ccc(OCc3ccccc3)cc2)cc1. The van der Waals surface area contributed by atoms with Crippen molar-refractivity contribution in [1.82, 2.24) is 5.43 Å². The third-order valence-electron chi connectivity index (χ3n) is 4.77. The van der Waals surface area contributed by atoms with Crippen LogP contribution in [0, 0.1) is 0 Å². The highest BCUT2D eigenvalue weighted by molar-refractivity contribution is 5.95. The van der Waals surface area contributed by atoms with Crippen molar-refractivity contribution in [1.29, 1.82) is 0 Å². The average molecular weight is 402 g/mol. The first kappa shape index (κ1) is 21.1. The molecular formula is C25H27N3O2. The topological polar surface area (TPSA) is 53.9 Å². The molecule has 5 nitrogen and oxygen atoms in total. The number of hydrazone groups is 1. The third-order valence-corrected chi connectivity index (χ3v) is 4.77. The second-order valence-corrected chi connectivity index (χ2v) is 6.76. The van der Waals surface area contributed by atoms with Gasteiger partial charge in [0.15, 0.2) is 0 Å². The molecule has 0 saturated carbocycles. The van der Waals surface area contributed by atoms with Crippen molar-refractivity contribution < 1.29 is 9.53 Å². The number of nitrogens with zero attached hydrogens (tertiary/aromatic N) is 2. The number of rotatable bonds is 9. The number of ether oxygens (including phenoxy) is 1. The molecule has 0 aliphatic rings. The van der Waals surface area contributed by atoms with Gasteiger partial charge in [-0.25, -0.2) is 5.43 Å². The van der Waals surface area contributed by atoms with E-state index in [0.29, 0.717) is 12.2 Å². The molecule has 0 heterocycles. The highest BCUT2D eigenvalue weighted by Gasteiger charge is 2.06. The van der Waals surface area contributed by atoms with Gasteiger partial charge >= 0.3 is 0 Å². The molecule has 0 saturated heterocycles. The first-order valence-electron chi connectivity index (χ1n) is 10.1. The predicted molar refractivity (Wildman–Crippen MR) is 122 cm³/mol. The van der Waals surface area contributed by atoms with Crippen molar-refractivity contribution in [2.24, 2.45) is 5.10 Å². The molecule has 3 aromatic carbocycles. The Hall–Kier alpha value is -3.60. The molecule has 0 spiro atoms. The van der Waals surface area contributed by atoms with Gasteiger partial charge in [-0.1, -0.05) is 30.3 Å². The molecule has 0 unspecified atom stereocenters. The van der Waals surface area contributed by atoms with Gasteiger partial charge < -0.3 is 9.64 Å². The van der Waals surface area contributed by atoms with Gasteiger partial charge in [0.2, 0.25) is 0 Å². The van der Waals surface area contributed by atoms with E-state index >= 15 is 0 Å². The number of carbonyl (C=O) groups is 1. The van der Waals surface area contributed by atoms with Crippen molar-refractivity contribution in [2.75, 3.05) is 18.0 Å². The van der Waals surface area contributed by atoms with Crippen LogP contribution in [0.2, 0.25) is 0 Å². The zero-order valence-corrected chi connectivity index (χ0v) is 17.4. The van der Waals surface area contributed by atoms with Gasteiger partial charge in [0.1, 0.15) is 12.4 Å². The quantitative estimate of drug-likeness (QED) is 0.411. The Kier molecular flexibility index (Phi) is 7.61. The van der Waals surface area contributed by atoms with E-state index in [9.17, 15) is 4.79 Å². The number of amides is 1. The summed E-state index contributed by atoms with van der Waals surface area (Å²) in [5.41, 5.74) is 6.25. The number of carbonyl (C=O) groups excluding carboxylic acids is 1. The molecule has 3 rings (SSSR count). The summed E-state index contributed by atoms with van der Waals surface area (Å²) in [5, 5.41) is 4.06. The van der Waals surface area contributed by atoms with Gasteiger partial charge in [-0.2, -0.15) is 5.10 Å². The number of anilines is 1. The molecule has 5 heteroatoms. The highest BCUT2D eigenvalue weighted by Crippen LogP contribution is 2.15. The van der Waals surface area contributed by atoms with Gasteiger partial charge in [-0.3, -0.25) is 4.79 Å². The van der Waals surface area contributed by atoms with E-state index in [1.165, 1.54) is 0 Å². The van der Waals surface area contributed by atoms with Crippen LogP contribution in [0.3, 0.4) is 0 Å². The molecule has 0 atom stereocenters. The molecule has 154 valence electrons. The van der Waals surface area contributed by atoms with Crippen LogP contribution in [0.25, 0.3) is 0 Å². The van der Waals surface area contributed by atoms with Crippen LogP contribution in [0.1, 0.15) is 35.3 Å². The second kappa shape index (κ2) is 10.8. The van der Waals surface area contributed by atoms with E-state index in [4.69, 9.17) is 4.74 Å². The van der Waals surface area contributed by atoms with Crippen LogP contribution in [-0.4, -0.2) is 25.2 Å². The van der Waals surface area contributed by atoms with Gasteiger partial charge in [0.05, 0.1) is 6.21 Å². The lowest BCUT2D eigenvalue weighted by Gasteiger charge is -2.20. The molecule has 30 heavy (non-hydrogen) atoms. The Bertz CT molecular complexity index is 948. The van der Waals surface area contributed by atoms with Crippen molar-refractivity contribution in [3.8, 4) is 5.75 Å². The smallest absolute Gasteiger partial charge is 0.271 e. The van der Waals surface area contributed by atoms with E-state index in [-0.39, 0.29) is 5.91 Å². The number of benzene rings is 3. The van der Waals surface area contributed by atoms with E-state index in [1.807, 2.05) is 78.9 Å². The molecule has 0 aliphatic carbocycles. The summed E-state index contributed by atoms with van der Waals surface area (Å²) in [5.74, 6) is 0.550. The van der Waals surface area contributed by atoms with Crippen LogP contribution >= 0.6 is 0 Å². The zero-order valence-electron chi connectivity index (χ0n) is 17.4. The molecule has 0 aliphatic heterocycles. The fourth-order valence-corrected chi connectivity index (χ4v) is 3.03. The highest BCUT2D eigenvalue weighted by atomic mass is 16.5. The minimum Gasteiger partial charge on any atom is -0.489 e. The molecule has 1 N–H and O–H groups in total. The Morgan fingerprint density at radius 3 is 2.23 bits per heavy atom. The molecule has 3 aromatic rings. The summed E-state index contributed by atoms with van der Waals surface area (Å²) in [7, 11) is 0. The number of nitrogens with one attached hydrogen (secondary N) is 1. The standard InChI is InChI=1S/C25H27N3O2/c1-3-28(4-2)23-14-12-22(13-15-23)25(29)27-26-18-20-10-16-24(17-11-20)30-19-21-8-6-5-7-9-21/h5-18H,3-4,19H2,1-2H3,(H,27,29)/b26-18-. The Labute approximate surface area is 178 Å². The summed E-state index contributed by atoms with van der Waals surface area (Å²) in [4.78, 5) is 14.5. The zero-order chi connectivity index (χ0) is 21.2. The third kappa shape index (κ3) is 5.95. The van der Waals surface area contributed by atoms with E-state index < -0.39 is 0 Å². The van der Waals surface area contributed by atoms with Crippen molar-refractivity contribution in [3.63, 3.8) is 0 Å². The number of hydrogen-bond acceptors (Lipinski definition) is 4. The predicted octanol–water partition coefficient (Wildman–Crippen LogP) is 4.88. The molecule has 0 radical (unpaired) electrons. The molecule has 0 bridgehead atoms. The molecule has 1 amide bonds. The van der Waals surface area contributed by atoms with Crippen LogP contribution in [0.5, 0.6) is 5.75 Å². The number of hydrogen-bond donors (Lipinski definition) is 1. The van der Waals surface area contributed by atoms with Crippen LogP contribution in [-0.2, 0) is 6.61 Å². The second-order valence-electron chi connectivity index (χ2n) is 6.76. The van der Waals surface area contributed by atoms with Gasteiger partial charge in [-0.05, 0) is 73.5 Å². The van der Waals surface area contributed by atoms with E-state index in [1.54, 1.807) is 6.21 Å². The summed E-state index contributed by atoms with van der Waals surface area (Å²) in [6, 6.07) is 25.1. The molecule has 0 aromatic heterocycles. The first-order chi connectivity index (χ1) is 14.7. The van der Waals surface area contributed by atoms with E-state index in [0.717, 1.165) is 35.7 Å². The lowest BCUT2D eigenvalue weighted by Crippen LogP contribution is -2.22. The van der Waals surface area contributed by atoms with Crippen LogP contribution in [0.4, 0.5) is 5.69 Å². The van der Waals surface area contributed by atoms with Gasteiger partial charge in [-0.15, -0.1) is 0 Å². The molecular weight excluding hydrogens is 374 g/mol. The van der Waals surface area contributed by atoms with Crippen molar-refractivity contribution in [3.05, 3.63) is 95.6 Å². The fourth-order valence-electron chi connectivity index (χ4n) is 3.03. The maximum Gasteiger partial charge on any atom is 0.271 e. The average Bonchev–Trinajstić information content (AvgIpc) is 2.80. The lowest BCUT2D eigenvalue weighted by molar-refractivity contribution is 0.0955. The largest absolute Gasteiger partial charge is 0.489 e. The van der Waals surface area contributed by atoms with Crippen LogP contribution in [0.15, 0.2) is 84.0 Å². The first-order valence-corrected chi connectivity index (χ1v) is 10.1. The Balaban J connectivity index is 1.50. The van der Waals surface area contributed by atoms with Gasteiger partial charge in [0, 0.05) is 24.3 Å². The van der Waals surface area contributed by atoms with E-state index in [2.05, 4.69) is 29.3 Å². The lowest BCUT2D eigenvalue weighted by atomic mass is 10.2. The molecule has 0 fully saturated rings. The fraction of sp³-hybridized carbons (Fsp3) is 0.200. The summed E-state index contributed by atoms with van der Waals surface area (Å²) >= 11 is 0.